The second-order valence-corrected chi connectivity index (χ2v) is 7.49. The number of carbonyl (C=O) groups is 4. The average molecular weight is 335 g/mol. The van der Waals surface area contributed by atoms with E-state index in [9.17, 15) is 32.7 Å². The van der Waals surface area contributed by atoms with Crippen LogP contribution >= 0.6 is 0 Å². The zero-order valence-electron chi connectivity index (χ0n) is 11.6. The Bertz CT molecular complexity index is 669. The summed E-state index contributed by atoms with van der Waals surface area (Å²) in [5.74, 6) is -4.66. The largest absolute Gasteiger partial charge is 0.480 e. The average Bonchev–Trinajstić information content (AvgIpc) is 2.59. The van der Waals surface area contributed by atoms with E-state index in [0.29, 0.717) is 4.90 Å². The van der Waals surface area contributed by atoms with Crippen molar-refractivity contribution >= 4 is 33.7 Å². The molecule has 1 N–H and O–H groups in total. The van der Waals surface area contributed by atoms with Gasteiger partial charge in [0.15, 0.2) is 27.2 Å². The predicted molar refractivity (Wildman–Crippen MR) is 67.0 cm³/mol. The maximum absolute atomic E-state index is 12.4. The van der Waals surface area contributed by atoms with Crippen molar-refractivity contribution in [2.24, 2.45) is 0 Å². The van der Waals surface area contributed by atoms with Crippen molar-refractivity contribution < 1.29 is 42.2 Å². The number of fused-ring (bicyclic) bond motifs is 1. The molecule has 3 atom stereocenters. The first-order valence-electron chi connectivity index (χ1n) is 6.10. The molecule has 2 saturated heterocycles. The fourth-order valence-electron chi connectivity index (χ4n) is 2.58. The third kappa shape index (κ3) is 1.88. The van der Waals surface area contributed by atoms with Crippen molar-refractivity contribution in [1.82, 2.24) is 4.90 Å². The number of rotatable bonds is 4. The Hall–Kier alpha value is -2.17. The number of nitrogens with zero attached hydrogens (tertiary/aromatic N) is 1. The van der Waals surface area contributed by atoms with E-state index in [1.165, 1.54) is 0 Å². The van der Waals surface area contributed by atoms with Crippen LogP contribution in [0.1, 0.15) is 13.3 Å². The third-order valence-corrected chi connectivity index (χ3v) is 6.57. The van der Waals surface area contributed by atoms with Gasteiger partial charge < -0.3 is 19.5 Å². The van der Waals surface area contributed by atoms with E-state index in [1.54, 1.807) is 0 Å². The molecule has 22 heavy (non-hydrogen) atoms. The van der Waals surface area contributed by atoms with Crippen LogP contribution in [0.5, 0.6) is 0 Å². The highest BCUT2D eigenvalue weighted by Crippen LogP contribution is 2.46. The van der Waals surface area contributed by atoms with Crippen molar-refractivity contribution in [3.05, 3.63) is 0 Å². The molecule has 0 aromatic heterocycles. The molecule has 122 valence electrons. The van der Waals surface area contributed by atoms with Crippen LogP contribution < -0.4 is 0 Å². The molecule has 0 aliphatic carbocycles. The summed E-state index contributed by atoms with van der Waals surface area (Å²) in [6, 6.07) is -1.89. The lowest BCUT2D eigenvalue weighted by atomic mass is 9.96. The molecule has 0 bridgehead atoms. The first kappa shape index (κ1) is 16.2. The number of carboxylic acids is 1. The Morgan fingerprint density at radius 3 is 2.45 bits per heavy atom. The van der Waals surface area contributed by atoms with Crippen molar-refractivity contribution in [3.63, 3.8) is 0 Å². The van der Waals surface area contributed by atoms with Crippen LogP contribution in [-0.2, 0) is 38.5 Å². The van der Waals surface area contributed by atoms with E-state index in [4.69, 9.17) is 0 Å². The molecule has 0 unspecified atom stereocenters. The Labute approximate surface area is 124 Å². The van der Waals surface area contributed by atoms with Gasteiger partial charge in [-0.1, -0.05) is 0 Å². The number of amides is 1. The lowest BCUT2D eigenvalue weighted by Gasteiger charge is -2.35. The van der Waals surface area contributed by atoms with Gasteiger partial charge in [-0.3, -0.25) is 9.59 Å². The van der Waals surface area contributed by atoms with E-state index >= 15 is 0 Å². The van der Waals surface area contributed by atoms with Crippen molar-refractivity contribution in [3.8, 4) is 0 Å². The number of hydrogen-bond donors (Lipinski definition) is 1. The first-order chi connectivity index (χ1) is 10.1. The van der Waals surface area contributed by atoms with Gasteiger partial charge in [0.1, 0.15) is 5.37 Å². The van der Waals surface area contributed by atoms with Crippen molar-refractivity contribution in [2.75, 3.05) is 13.7 Å². The summed E-state index contributed by atoms with van der Waals surface area (Å²) in [5, 5.41) is 7.87. The summed E-state index contributed by atoms with van der Waals surface area (Å²) in [4.78, 5) is 46.6. The number of carboxylic acid groups (broad SMARTS) is 1. The number of esters is 2. The third-order valence-electron chi connectivity index (χ3n) is 3.88. The highest BCUT2D eigenvalue weighted by atomic mass is 32.2. The van der Waals surface area contributed by atoms with Crippen LogP contribution in [0.2, 0.25) is 0 Å². The Morgan fingerprint density at radius 2 is 2.00 bits per heavy atom. The predicted octanol–water partition coefficient (Wildman–Crippen LogP) is -2.10. The van der Waals surface area contributed by atoms with E-state index in [2.05, 4.69) is 9.47 Å². The number of carbonyl (C=O) groups excluding carboxylic acids is 3. The Kier molecular flexibility index (Phi) is 3.63. The standard InChI is InChI=1S/C11H13NO9S/c1-11(10(17)21-4-7(14)20-2)8(9(15)16)12-5(13)3-6(12)22(11,18)19/h6,8H,3-4H2,1-2H3,(H,15,16)/t6-,8+,11+/m1/s1. The number of methoxy groups -OCH3 is 1. The minimum absolute atomic E-state index is 0.383. The molecule has 10 nitrogen and oxygen atoms in total. The van der Waals surface area contributed by atoms with Gasteiger partial charge in [-0.05, 0) is 6.92 Å². The molecule has 2 heterocycles. The molecule has 11 heteroatoms. The molecular weight excluding hydrogens is 322 g/mol. The molecule has 0 aromatic carbocycles. The van der Waals surface area contributed by atoms with Gasteiger partial charge in [-0.2, -0.15) is 0 Å². The zero-order chi connectivity index (χ0) is 16.9. The topological polar surface area (TPSA) is 144 Å². The number of ether oxygens (including phenoxy) is 2. The molecule has 2 fully saturated rings. The quantitative estimate of drug-likeness (QED) is 0.451. The molecule has 1 amide bonds. The Balaban J connectivity index is 2.40. The SMILES string of the molecule is COC(=O)COC(=O)[C@]1(C)[C@H](C(=O)O)N2C(=O)C[C@H]2S1(=O)=O. The summed E-state index contributed by atoms with van der Waals surface area (Å²) in [6.07, 6.45) is -0.383. The van der Waals surface area contributed by atoms with Crippen LogP contribution in [0.3, 0.4) is 0 Å². The van der Waals surface area contributed by atoms with Crippen molar-refractivity contribution in [2.45, 2.75) is 29.5 Å². The summed E-state index contributed by atoms with van der Waals surface area (Å²) in [5.41, 5.74) is 0. The zero-order valence-corrected chi connectivity index (χ0v) is 12.5. The molecule has 0 spiro atoms. The molecular formula is C11H13NO9S. The van der Waals surface area contributed by atoms with Crippen LogP contribution in [0.4, 0.5) is 0 Å². The van der Waals surface area contributed by atoms with Crippen LogP contribution in [0.25, 0.3) is 0 Å². The second kappa shape index (κ2) is 4.93. The minimum atomic E-state index is -4.31. The lowest BCUT2D eigenvalue weighted by Crippen LogP contribution is -2.59. The fourth-order valence-corrected chi connectivity index (χ4v) is 4.87. The highest BCUT2D eigenvalue weighted by molar-refractivity contribution is 7.94. The molecule has 2 aliphatic rings. The summed E-state index contributed by atoms with van der Waals surface area (Å²) in [7, 11) is -3.27. The van der Waals surface area contributed by atoms with E-state index in [-0.39, 0.29) is 6.42 Å². The van der Waals surface area contributed by atoms with E-state index in [1.807, 2.05) is 0 Å². The number of β-lactam (4-membered cyclic amide) rings is 1. The van der Waals surface area contributed by atoms with Gasteiger partial charge in [0.05, 0.1) is 13.5 Å². The molecule has 0 saturated carbocycles. The van der Waals surface area contributed by atoms with Gasteiger partial charge >= 0.3 is 17.9 Å². The smallest absolute Gasteiger partial charge is 0.344 e. The summed E-state index contributed by atoms with van der Waals surface area (Å²) >= 11 is 0. The van der Waals surface area contributed by atoms with Crippen LogP contribution in [0, 0.1) is 0 Å². The van der Waals surface area contributed by atoms with Crippen LogP contribution in [0.15, 0.2) is 0 Å². The first-order valence-corrected chi connectivity index (χ1v) is 7.65. The lowest BCUT2D eigenvalue weighted by molar-refractivity contribution is -0.165. The molecule has 0 aromatic rings. The fraction of sp³-hybridized carbons (Fsp3) is 0.636. The number of hydrogen-bond acceptors (Lipinski definition) is 8. The maximum Gasteiger partial charge on any atom is 0.344 e. The summed E-state index contributed by atoms with van der Waals surface area (Å²) < 4.78 is 31.2. The van der Waals surface area contributed by atoms with Gasteiger partial charge in [0, 0.05) is 0 Å². The highest BCUT2D eigenvalue weighted by Gasteiger charge is 2.73. The number of aliphatic carboxylic acids is 1. The maximum atomic E-state index is 12.4. The number of sulfone groups is 1. The second-order valence-electron chi connectivity index (χ2n) is 5.00. The minimum Gasteiger partial charge on any atom is -0.480 e. The van der Waals surface area contributed by atoms with E-state index < -0.39 is 56.4 Å². The molecule has 2 aliphatic heterocycles. The van der Waals surface area contributed by atoms with E-state index in [0.717, 1.165) is 14.0 Å². The van der Waals surface area contributed by atoms with Crippen molar-refractivity contribution in [1.29, 1.82) is 0 Å². The monoisotopic (exact) mass is 335 g/mol. The molecule has 2 rings (SSSR count). The Morgan fingerprint density at radius 1 is 1.41 bits per heavy atom. The van der Waals surface area contributed by atoms with Crippen LogP contribution in [-0.4, -0.2) is 72.1 Å². The van der Waals surface area contributed by atoms with Gasteiger partial charge in [0.25, 0.3) is 0 Å². The molecule has 0 radical (unpaired) electrons. The van der Waals surface area contributed by atoms with Gasteiger partial charge in [-0.15, -0.1) is 0 Å². The van der Waals surface area contributed by atoms with Gasteiger partial charge in [0.2, 0.25) is 5.91 Å². The van der Waals surface area contributed by atoms with Gasteiger partial charge in [-0.25, -0.2) is 18.0 Å². The normalized spacial score (nSPS) is 31.9. The summed E-state index contributed by atoms with van der Waals surface area (Å²) in [6.45, 7) is 0.0255.